The van der Waals surface area contributed by atoms with Crippen molar-refractivity contribution in [1.29, 1.82) is 0 Å². The van der Waals surface area contributed by atoms with Crippen molar-refractivity contribution in [2.75, 3.05) is 19.1 Å². The van der Waals surface area contributed by atoms with Crippen molar-refractivity contribution < 1.29 is 19.1 Å². The summed E-state index contributed by atoms with van der Waals surface area (Å²) in [5.74, 6) is -0.813. The molecule has 144 valence electrons. The third kappa shape index (κ3) is 4.37. The monoisotopic (exact) mass is 416 g/mol. The minimum atomic E-state index is -0.436. The Morgan fingerprint density at radius 1 is 1.21 bits per heavy atom. The maximum Gasteiger partial charge on any atom is 0.337 e. The molecule has 0 aliphatic carbocycles. The van der Waals surface area contributed by atoms with Crippen molar-refractivity contribution in [2.24, 2.45) is 0 Å². The average molecular weight is 417 g/mol. The van der Waals surface area contributed by atoms with Crippen molar-refractivity contribution in [2.45, 2.75) is 6.92 Å². The normalized spacial score (nSPS) is 15.2. The average Bonchev–Trinajstić information content (AvgIpc) is 2.95. The molecule has 8 heteroatoms. The number of methoxy groups -OCH3 is 1. The number of ether oxygens (including phenoxy) is 1. The lowest BCUT2D eigenvalue weighted by atomic mass is 10.1. The molecule has 0 radical (unpaired) electrons. The van der Waals surface area contributed by atoms with Gasteiger partial charge < -0.3 is 10.1 Å². The van der Waals surface area contributed by atoms with Gasteiger partial charge in [0.15, 0.2) is 0 Å². The number of amides is 2. The molecule has 0 saturated carbocycles. The van der Waals surface area contributed by atoms with E-state index in [9.17, 15) is 14.4 Å². The number of hydrogen-bond donors (Lipinski definition) is 1. The molecule has 1 aliphatic heterocycles. The van der Waals surface area contributed by atoms with Gasteiger partial charge in [-0.05, 0) is 60.2 Å². The van der Waals surface area contributed by atoms with E-state index < -0.39 is 5.97 Å². The number of halogens is 1. The largest absolute Gasteiger partial charge is 0.465 e. The third-order valence-electron chi connectivity index (χ3n) is 4.12. The van der Waals surface area contributed by atoms with Crippen molar-refractivity contribution in [3.8, 4) is 0 Å². The van der Waals surface area contributed by atoms with Gasteiger partial charge in [-0.2, -0.15) is 0 Å². The predicted molar refractivity (Wildman–Crippen MR) is 110 cm³/mol. The lowest BCUT2D eigenvalue weighted by Gasteiger charge is -2.15. The number of rotatable bonds is 5. The summed E-state index contributed by atoms with van der Waals surface area (Å²) in [7, 11) is 1.31. The van der Waals surface area contributed by atoms with Crippen LogP contribution in [-0.4, -0.2) is 35.8 Å². The van der Waals surface area contributed by atoms with Gasteiger partial charge in [-0.15, -0.1) is 0 Å². The number of hydrogen-bond acceptors (Lipinski definition) is 6. The summed E-state index contributed by atoms with van der Waals surface area (Å²) in [6.45, 7) is 1.94. The van der Waals surface area contributed by atoms with Gasteiger partial charge >= 0.3 is 5.97 Å². The quantitative estimate of drug-likeness (QED) is 0.569. The molecule has 2 amide bonds. The number of esters is 1. The van der Waals surface area contributed by atoms with Crippen LogP contribution in [0, 0.1) is 6.92 Å². The first-order chi connectivity index (χ1) is 13.4. The Hall–Kier alpha value is -2.77. The van der Waals surface area contributed by atoms with Crippen LogP contribution in [0.4, 0.5) is 10.5 Å². The zero-order valence-corrected chi connectivity index (χ0v) is 16.8. The Bertz CT molecular complexity index is 973. The molecule has 1 heterocycles. The molecular weight excluding hydrogens is 400 g/mol. The van der Waals surface area contributed by atoms with Crippen LogP contribution in [0.5, 0.6) is 0 Å². The van der Waals surface area contributed by atoms with Gasteiger partial charge in [-0.1, -0.05) is 29.8 Å². The highest BCUT2D eigenvalue weighted by Gasteiger charge is 2.34. The van der Waals surface area contributed by atoms with Crippen molar-refractivity contribution >= 4 is 52.2 Å². The number of thioether (sulfide) groups is 1. The molecule has 6 nitrogen and oxygen atoms in total. The van der Waals surface area contributed by atoms with Crippen LogP contribution in [0.3, 0.4) is 0 Å². The summed E-state index contributed by atoms with van der Waals surface area (Å²) >= 11 is 6.96. The van der Waals surface area contributed by atoms with Gasteiger partial charge in [0.05, 0.1) is 24.2 Å². The molecular formula is C20H17ClN2O4S. The molecule has 0 bridgehead atoms. The summed E-state index contributed by atoms with van der Waals surface area (Å²) in [4.78, 5) is 37.7. The molecule has 0 unspecified atom stereocenters. The molecule has 28 heavy (non-hydrogen) atoms. The molecule has 1 N–H and O–H groups in total. The summed E-state index contributed by atoms with van der Waals surface area (Å²) in [5.41, 5.74) is 2.78. The highest BCUT2D eigenvalue weighted by Crippen LogP contribution is 2.32. The van der Waals surface area contributed by atoms with Crippen LogP contribution in [0.25, 0.3) is 6.08 Å². The molecule has 1 fully saturated rings. The maximum atomic E-state index is 12.6. The fourth-order valence-electron chi connectivity index (χ4n) is 2.49. The minimum Gasteiger partial charge on any atom is -0.465 e. The first kappa shape index (κ1) is 20.0. The van der Waals surface area contributed by atoms with Crippen LogP contribution >= 0.6 is 23.4 Å². The molecule has 1 saturated heterocycles. The first-order valence-corrected chi connectivity index (χ1v) is 9.52. The fraction of sp³-hybridized carbons (Fsp3) is 0.150. The summed E-state index contributed by atoms with van der Waals surface area (Å²) in [5, 5.41) is 3.29. The van der Waals surface area contributed by atoms with E-state index in [-0.39, 0.29) is 17.8 Å². The predicted octanol–water partition coefficient (Wildman–Crippen LogP) is 4.54. The maximum absolute atomic E-state index is 12.6. The summed E-state index contributed by atoms with van der Waals surface area (Å²) in [6, 6.07) is 12.0. The van der Waals surface area contributed by atoms with Gasteiger partial charge in [0, 0.05) is 10.7 Å². The fourth-order valence-corrected chi connectivity index (χ4v) is 3.51. The van der Waals surface area contributed by atoms with Crippen LogP contribution in [0.2, 0.25) is 5.02 Å². The Balaban J connectivity index is 1.69. The van der Waals surface area contributed by atoms with Crippen LogP contribution in [-0.2, 0) is 9.53 Å². The standard InChI is InChI=1S/C20H17ClN2O4S/c1-12-3-8-15(10-16(12)21)22-11-23-18(24)17(28-20(23)26)9-13-4-6-14(7-5-13)19(25)27-2/h3-10,22H,11H2,1-2H3/b17-9+. The van der Waals surface area contributed by atoms with E-state index in [1.165, 1.54) is 7.11 Å². The molecule has 1 aliphatic rings. The van der Waals surface area contributed by atoms with Crippen LogP contribution in [0.1, 0.15) is 21.5 Å². The molecule has 0 aromatic heterocycles. The number of aryl methyl sites for hydroxylation is 1. The van der Waals surface area contributed by atoms with E-state index in [1.54, 1.807) is 36.4 Å². The van der Waals surface area contributed by atoms with Crippen molar-refractivity contribution in [3.05, 3.63) is 69.1 Å². The van der Waals surface area contributed by atoms with Crippen LogP contribution in [0.15, 0.2) is 47.4 Å². The number of imide groups is 1. The van der Waals surface area contributed by atoms with E-state index in [4.69, 9.17) is 11.6 Å². The molecule has 2 aromatic carbocycles. The van der Waals surface area contributed by atoms with Crippen molar-refractivity contribution in [1.82, 2.24) is 4.90 Å². The number of nitrogens with zero attached hydrogens (tertiary/aromatic N) is 1. The third-order valence-corrected chi connectivity index (χ3v) is 5.43. The first-order valence-electron chi connectivity index (χ1n) is 8.33. The number of benzene rings is 2. The lowest BCUT2D eigenvalue weighted by molar-refractivity contribution is -0.122. The van der Waals surface area contributed by atoms with Gasteiger partial charge in [0.25, 0.3) is 11.1 Å². The van der Waals surface area contributed by atoms with E-state index in [0.29, 0.717) is 21.1 Å². The van der Waals surface area contributed by atoms with E-state index in [0.717, 1.165) is 27.9 Å². The second-order valence-electron chi connectivity index (χ2n) is 6.02. The minimum absolute atomic E-state index is 0.0443. The van der Waals surface area contributed by atoms with Crippen molar-refractivity contribution in [3.63, 3.8) is 0 Å². The second kappa shape index (κ2) is 8.50. The van der Waals surface area contributed by atoms with Gasteiger partial charge in [-0.3, -0.25) is 14.5 Å². The highest BCUT2D eigenvalue weighted by atomic mass is 35.5. The Labute approximate surface area is 171 Å². The summed E-state index contributed by atoms with van der Waals surface area (Å²) in [6.07, 6.45) is 1.62. The van der Waals surface area contributed by atoms with E-state index in [1.807, 2.05) is 19.1 Å². The van der Waals surface area contributed by atoms with E-state index >= 15 is 0 Å². The van der Waals surface area contributed by atoms with Gasteiger partial charge in [0.1, 0.15) is 0 Å². The summed E-state index contributed by atoms with van der Waals surface area (Å²) < 4.78 is 4.65. The Kier molecular flexibility index (Phi) is 6.06. The van der Waals surface area contributed by atoms with Crippen LogP contribution < -0.4 is 5.32 Å². The molecule has 0 atom stereocenters. The van der Waals surface area contributed by atoms with Gasteiger partial charge in [-0.25, -0.2) is 4.79 Å². The van der Waals surface area contributed by atoms with Gasteiger partial charge in [0.2, 0.25) is 0 Å². The zero-order valence-electron chi connectivity index (χ0n) is 15.2. The number of carbonyl (C=O) groups excluding carboxylic acids is 3. The molecule has 2 aromatic rings. The lowest BCUT2D eigenvalue weighted by Crippen LogP contribution is -2.33. The second-order valence-corrected chi connectivity index (χ2v) is 7.42. The number of carbonyl (C=O) groups is 3. The topological polar surface area (TPSA) is 75.7 Å². The number of nitrogens with one attached hydrogen (secondary N) is 1. The SMILES string of the molecule is COC(=O)c1ccc(/C=C2/SC(=O)N(CNc3ccc(C)c(Cl)c3)C2=O)cc1. The zero-order chi connectivity index (χ0) is 20.3. The van der Waals surface area contributed by atoms with E-state index in [2.05, 4.69) is 10.1 Å². The highest BCUT2D eigenvalue weighted by molar-refractivity contribution is 8.18. The smallest absolute Gasteiger partial charge is 0.337 e. The number of anilines is 1. The molecule has 3 rings (SSSR count). The Morgan fingerprint density at radius 2 is 1.93 bits per heavy atom. The Morgan fingerprint density at radius 3 is 2.57 bits per heavy atom. The molecule has 0 spiro atoms.